The molecule has 35 heavy (non-hydrogen) atoms. The van der Waals surface area contributed by atoms with Crippen molar-refractivity contribution >= 4 is 23.9 Å². The van der Waals surface area contributed by atoms with Gasteiger partial charge in [-0.3, -0.25) is 14.4 Å². The van der Waals surface area contributed by atoms with Crippen LogP contribution < -0.4 is 0 Å². The predicted octanol–water partition coefficient (Wildman–Crippen LogP) is 2.80. The first-order valence-electron chi connectivity index (χ1n) is 11.5. The number of benzene rings is 2. The summed E-state index contributed by atoms with van der Waals surface area (Å²) >= 11 is 0. The lowest BCUT2D eigenvalue weighted by Gasteiger charge is -2.31. The summed E-state index contributed by atoms with van der Waals surface area (Å²) in [6.45, 7) is -0.438. The van der Waals surface area contributed by atoms with Crippen molar-refractivity contribution in [2.75, 3.05) is 13.2 Å². The SMILES string of the molecule is O=C(CCCc1ccccc1)OCC1=CC2OC1(COC(=O)c1ccccc1)C1C(=O)OC(=O)C21. The Morgan fingerprint density at radius 3 is 2.37 bits per heavy atom. The van der Waals surface area contributed by atoms with Crippen LogP contribution in [0.1, 0.15) is 28.8 Å². The molecule has 2 aromatic carbocycles. The van der Waals surface area contributed by atoms with Crippen molar-refractivity contribution in [3.05, 3.63) is 83.4 Å². The molecule has 180 valence electrons. The molecule has 3 aliphatic rings. The van der Waals surface area contributed by atoms with Gasteiger partial charge in [0, 0.05) is 12.0 Å². The molecule has 0 spiro atoms. The van der Waals surface area contributed by atoms with Gasteiger partial charge in [0.1, 0.15) is 30.7 Å². The lowest BCUT2D eigenvalue weighted by atomic mass is 9.73. The van der Waals surface area contributed by atoms with Gasteiger partial charge in [-0.05, 0) is 36.6 Å². The molecule has 2 bridgehead atoms. The van der Waals surface area contributed by atoms with Crippen molar-refractivity contribution in [1.82, 2.24) is 0 Å². The van der Waals surface area contributed by atoms with Crippen LogP contribution in [0, 0.1) is 11.8 Å². The summed E-state index contributed by atoms with van der Waals surface area (Å²) in [7, 11) is 0. The number of carbonyl (C=O) groups is 4. The number of carbonyl (C=O) groups excluding carboxylic acids is 4. The number of ether oxygens (including phenoxy) is 4. The fourth-order valence-electron chi connectivity index (χ4n) is 4.99. The topological polar surface area (TPSA) is 105 Å². The van der Waals surface area contributed by atoms with Crippen LogP contribution in [-0.4, -0.2) is 48.8 Å². The Bertz CT molecular complexity index is 1170. The van der Waals surface area contributed by atoms with Gasteiger partial charge in [-0.15, -0.1) is 0 Å². The smallest absolute Gasteiger partial charge is 0.338 e. The van der Waals surface area contributed by atoms with E-state index in [0.29, 0.717) is 17.6 Å². The van der Waals surface area contributed by atoms with Gasteiger partial charge in [-0.1, -0.05) is 48.5 Å². The van der Waals surface area contributed by atoms with Crippen LogP contribution in [-0.2, 0) is 39.8 Å². The van der Waals surface area contributed by atoms with E-state index in [0.717, 1.165) is 12.0 Å². The van der Waals surface area contributed by atoms with Crippen LogP contribution in [0.3, 0.4) is 0 Å². The summed E-state index contributed by atoms with van der Waals surface area (Å²) in [5.74, 6) is -4.12. The maximum atomic E-state index is 12.6. The fourth-order valence-corrected chi connectivity index (χ4v) is 4.99. The van der Waals surface area contributed by atoms with Crippen LogP contribution in [0.25, 0.3) is 0 Å². The second-order valence-corrected chi connectivity index (χ2v) is 8.85. The van der Waals surface area contributed by atoms with Crippen molar-refractivity contribution in [1.29, 1.82) is 0 Å². The monoisotopic (exact) mass is 476 g/mol. The first-order valence-corrected chi connectivity index (χ1v) is 11.5. The second kappa shape index (κ2) is 9.46. The van der Waals surface area contributed by atoms with E-state index in [9.17, 15) is 19.2 Å². The normalized spacial score (nSPS) is 26.2. The summed E-state index contributed by atoms with van der Waals surface area (Å²) in [5.41, 5.74) is 0.563. The van der Waals surface area contributed by atoms with E-state index in [1.807, 2.05) is 30.3 Å². The Balaban J connectivity index is 1.25. The van der Waals surface area contributed by atoms with E-state index in [1.165, 1.54) is 0 Å². The number of esters is 4. The maximum absolute atomic E-state index is 12.6. The van der Waals surface area contributed by atoms with Crippen molar-refractivity contribution in [3.8, 4) is 0 Å². The van der Waals surface area contributed by atoms with Crippen LogP contribution >= 0.6 is 0 Å². The van der Waals surface area contributed by atoms with Gasteiger partial charge < -0.3 is 18.9 Å². The van der Waals surface area contributed by atoms with Crippen molar-refractivity contribution < 1.29 is 38.1 Å². The molecule has 8 heteroatoms. The Hall–Kier alpha value is -3.78. The van der Waals surface area contributed by atoms with Crippen LogP contribution in [0.4, 0.5) is 0 Å². The van der Waals surface area contributed by atoms with Gasteiger partial charge in [0.15, 0.2) is 0 Å². The van der Waals surface area contributed by atoms with Gasteiger partial charge in [0.25, 0.3) is 0 Å². The molecule has 0 N–H and O–H groups in total. The molecule has 0 aromatic heterocycles. The summed E-state index contributed by atoms with van der Waals surface area (Å²) in [6.07, 6.45) is 2.58. The molecule has 2 aromatic rings. The van der Waals surface area contributed by atoms with E-state index in [1.54, 1.807) is 36.4 Å². The zero-order chi connectivity index (χ0) is 24.4. The van der Waals surface area contributed by atoms with Crippen LogP contribution in [0.5, 0.6) is 0 Å². The predicted molar refractivity (Wildman–Crippen MR) is 121 cm³/mol. The number of cyclic esters (lactones) is 2. The van der Waals surface area contributed by atoms with Crippen molar-refractivity contribution in [2.24, 2.45) is 11.8 Å². The number of aryl methyl sites for hydroxylation is 1. The zero-order valence-corrected chi connectivity index (χ0v) is 18.9. The molecule has 4 unspecified atom stereocenters. The van der Waals surface area contributed by atoms with E-state index < -0.39 is 41.4 Å². The van der Waals surface area contributed by atoms with Gasteiger partial charge in [-0.2, -0.15) is 0 Å². The molecule has 3 aliphatic heterocycles. The first kappa shape index (κ1) is 23.0. The summed E-state index contributed by atoms with van der Waals surface area (Å²) in [4.78, 5) is 49.7. The zero-order valence-electron chi connectivity index (χ0n) is 18.9. The molecule has 0 radical (unpaired) electrons. The maximum Gasteiger partial charge on any atom is 0.338 e. The largest absolute Gasteiger partial charge is 0.461 e. The molecule has 3 heterocycles. The van der Waals surface area contributed by atoms with E-state index in [-0.39, 0.29) is 25.6 Å². The van der Waals surface area contributed by atoms with Gasteiger partial charge in [-0.25, -0.2) is 4.79 Å². The molecule has 0 amide bonds. The average Bonchev–Trinajstić information content (AvgIpc) is 3.51. The van der Waals surface area contributed by atoms with Gasteiger partial charge in [0.2, 0.25) is 0 Å². The van der Waals surface area contributed by atoms with E-state index >= 15 is 0 Å². The Morgan fingerprint density at radius 1 is 0.914 bits per heavy atom. The molecule has 2 saturated heterocycles. The number of hydrogen-bond acceptors (Lipinski definition) is 8. The Labute approximate surface area is 201 Å². The van der Waals surface area contributed by atoms with Crippen molar-refractivity contribution in [3.63, 3.8) is 0 Å². The summed E-state index contributed by atoms with van der Waals surface area (Å²) < 4.78 is 21.9. The van der Waals surface area contributed by atoms with Gasteiger partial charge >= 0.3 is 23.9 Å². The number of fused-ring (bicyclic) bond motifs is 5. The van der Waals surface area contributed by atoms with Crippen LogP contribution in [0.15, 0.2) is 72.3 Å². The second-order valence-electron chi connectivity index (χ2n) is 8.85. The fraction of sp³-hybridized carbons (Fsp3) is 0.333. The highest BCUT2D eigenvalue weighted by Gasteiger charge is 2.70. The Morgan fingerprint density at radius 2 is 1.63 bits per heavy atom. The molecule has 0 aliphatic carbocycles. The molecule has 0 saturated carbocycles. The molecule has 5 rings (SSSR count). The molecular weight excluding hydrogens is 452 g/mol. The first-order chi connectivity index (χ1) is 17.0. The molecule has 4 atom stereocenters. The highest BCUT2D eigenvalue weighted by molar-refractivity contribution is 5.99. The lowest BCUT2D eigenvalue weighted by Crippen LogP contribution is -2.47. The lowest BCUT2D eigenvalue weighted by molar-refractivity contribution is -0.160. The number of rotatable bonds is 9. The average molecular weight is 476 g/mol. The third-order valence-corrected chi connectivity index (χ3v) is 6.70. The highest BCUT2D eigenvalue weighted by Crippen LogP contribution is 2.54. The summed E-state index contributed by atoms with van der Waals surface area (Å²) in [5, 5.41) is 0. The minimum absolute atomic E-state index is 0.131. The minimum atomic E-state index is -1.41. The quantitative estimate of drug-likeness (QED) is 0.236. The standard InChI is InChI=1S/C27H24O8/c28-21(13-7-10-17-8-3-1-4-9-17)32-15-19-14-20-22-23(26(31)34-25(22)30)27(19,35-20)16-33-24(29)18-11-5-2-6-12-18/h1-6,8-9,11-12,14,20,22-23H,7,10,13,15-16H2. The van der Waals surface area contributed by atoms with Crippen LogP contribution in [0.2, 0.25) is 0 Å². The minimum Gasteiger partial charge on any atom is -0.461 e. The van der Waals surface area contributed by atoms with Crippen molar-refractivity contribution in [2.45, 2.75) is 31.0 Å². The molecular formula is C27H24O8. The molecule has 8 nitrogen and oxygen atoms in total. The number of hydrogen-bond donors (Lipinski definition) is 0. The third-order valence-electron chi connectivity index (χ3n) is 6.70. The van der Waals surface area contributed by atoms with E-state index in [4.69, 9.17) is 18.9 Å². The third kappa shape index (κ3) is 4.37. The van der Waals surface area contributed by atoms with E-state index in [2.05, 4.69) is 0 Å². The van der Waals surface area contributed by atoms with Gasteiger partial charge in [0.05, 0.1) is 11.7 Å². The molecule has 2 fully saturated rings. The Kier molecular flexibility index (Phi) is 6.21. The summed E-state index contributed by atoms with van der Waals surface area (Å²) in [6, 6.07) is 18.2. The highest BCUT2D eigenvalue weighted by atomic mass is 16.6.